The summed E-state index contributed by atoms with van der Waals surface area (Å²) in [6.07, 6.45) is 4.18. The lowest BCUT2D eigenvalue weighted by molar-refractivity contribution is -0.117. The molecule has 2 fully saturated rings. The predicted octanol–water partition coefficient (Wildman–Crippen LogP) is 3.71. The lowest BCUT2D eigenvalue weighted by Gasteiger charge is -2.40. The number of hydrogen-bond acceptors (Lipinski definition) is 3. The molecule has 30 heavy (non-hydrogen) atoms. The Morgan fingerprint density at radius 1 is 1.20 bits per heavy atom. The van der Waals surface area contributed by atoms with E-state index in [-0.39, 0.29) is 17.4 Å². The lowest BCUT2D eigenvalue weighted by atomic mass is 9.78. The number of anilines is 1. The van der Waals surface area contributed by atoms with Crippen molar-refractivity contribution in [2.24, 2.45) is 16.3 Å². The van der Waals surface area contributed by atoms with Crippen molar-refractivity contribution in [3.63, 3.8) is 0 Å². The van der Waals surface area contributed by atoms with Crippen LogP contribution in [0.25, 0.3) is 0 Å². The van der Waals surface area contributed by atoms with Gasteiger partial charge >= 0.3 is 0 Å². The SMILES string of the molecule is CCNC(=NCc1ccc(N2CCCC2=O)cc1)NCC1CCCOC1C(C)(C)C. The van der Waals surface area contributed by atoms with Crippen LogP contribution in [-0.4, -0.2) is 44.2 Å². The molecule has 0 radical (unpaired) electrons. The summed E-state index contributed by atoms with van der Waals surface area (Å²) in [4.78, 5) is 18.6. The van der Waals surface area contributed by atoms with Crippen LogP contribution in [-0.2, 0) is 16.1 Å². The fraction of sp³-hybridized carbons (Fsp3) is 0.667. The average molecular weight is 415 g/mol. The number of carbonyl (C=O) groups excluding carboxylic acids is 1. The lowest BCUT2D eigenvalue weighted by Crippen LogP contribution is -2.47. The fourth-order valence-electron chi connectivity index (χ4n) is 4.45. The number of rotatable bonds is 6. The molecule has 0 bridgehead atoms. The molecule has 2 unspecified atom stereocenters. The van der Waals surface area contributed by atoms with Crippen LogP contribution < -0.4 is 15.5 Å². The summed E-state index contributed by atoms with van der Waals surface area (Å²) in [6.45, 7) is 12.8. The first kappa shape index (κ1) is 22.6. The van der Waals surface area contributed by atoms with Gasteiger partial charge in [0.2, 0.25) is 5.91 Å². The maximum absolute atomic E-state index is 11.9. The Labute approximate surface area is 181 Å². The molecule has 6 heteroatoms. The van der Waals surface area contributed by atoms with Crippen molar-refractivity contribution in [1.82, 2.24) is 10.6 Å². The molecule has 166 valence electrons. The van der Waals surface area contributed by atoms with Crippen molar-refractivity contribution in [2.75, 3.05) is 31.1 Å². The minimum Gasteiger partial charge on any atom is -0.377 e. The second-order valence-corrected chi connectivity index (χ2v) is 9.45. The van der Waals surface area contributed by atoms with Crippen molar-refractivity contribution in [3.8, 4) is 0 Å². The highest BCUT2D eigenvalue weighted by molar-refractivity contribution is 5.95. The van der Waals surface area contributed by atoms with Crippen LogP contribution in [0.1, 0.15) is 58.9 Å². The normalized spacial score (nSPS) is 23.0. The van der Waals surface area contributed by atoms with Gasteiger partial charge in [0.15, 0.2) is 5.96 Å². The van der Waals surface area contributed by atoms with Gasteiger partial charge in [0.1, 0.15) is 0 Å². The molecule has 2 aliphatic heterocycles. The molecule has 1 aromatic rings. The summed E-state index contributed by atoms with van der Waals surface area (Å²) >= 11 is 0. The summed E-state index contributed by atoms with van der Waals surface area (Å²) < 4.78 is 6.11. The van der Waals surface area contributed by atoms with Crippen molar-refractivity contribution in [3.05, 3.63) is 29.8 Å². The number of benzene rings is 1. The quantitative estimate of drug-likeness (QED) is 0.550. The van der Waals surface area contributed by atoms with Crippen LogP contribution in [0.4, 0.5) is 5.69 Å². The standard InChI is InChI=1S/C24H38N4O2/c1-5-25-23(27-17-19-8-7-15-30-22(19)24(2,3)4)26-16-18-10-12-20(13-11-18)28-14-6-9-21(28)29/h10-13,19,22H,5-9,14-17H2,1-4H3,(H2,25,26,27). The molecule has 2 N–H and O–H groups in total. The van der Waals surface area contributed by atoms with E-state index in [0.29, 0.717) is 18.9 Å². The second-order valence-electron chi connectivity index (χ2n) is 9.45. The smallest absolute Gasteiger partial charge is 0.227 e. The number of aliphatic imine (C=N–C) groups is 1. The van der Waals surface area contributed by atoms with E-state index in [2.05, 4.69) is 50.5 Å². The monoisotopic (exact) mass is 414 g/mol. The van der Waals surface area contributed by atoms with Gasteiger partial charge in [0, 0.05) is 44.3 Å². The zero-order valence-corrected chi connectivity index (χ0v) is 19.0. The first-order chi connectivity index (χ1) is 14.4. The molecule has 0 aliphatic carbocycles. The second kappa shape index (κ2) is 10.3. The molecule has 6 nitrogen and oxygen atoms in total. The molecule has 2 aliphatic rings. The number of guanidine groups is 1. The first-order valence-electron chi connectivity index (χ1n) is 11.4. The largest absolute Gasteiger partial charge is 0.377 e. The summed E-state index contributed by atoms with van der Waals surface area (Å²) in [5, 5.41) is 6.88. The van der Waals surface area contributed by atoms with Gasteiger partial charge in [-0.3, -0.25) is 4.79 Å². The third-order valence-corrected chi connectivity index (χ3v) is 5.92. The first-order valence-corrected chi connectivity index (χ1v) is 11.4. The van der Waals surface area contributed by atoms with E-state index in [1.54, 1.807) is 0 Å². The van der Waals surface area contributed by atoms with E-state index in [1.807, 2.05) is 17.0 Å². The zero-order valence-electron chi connectivity index (χ0n) is 19.0. The number of ether oxygens (including phenoxy) is 1. The van der Waals surface area contributed by atoms with Gasteiger partial charge < -0.3 is 20.3 Å². The Kier molecular flexibility index (Phi) is 7.75. The van der Waals surface area contributed by atoms with E-state index in [1.165, 1.54) is 6.42 Å². The van der Waals surface area contributed by atoms with E-state index in [9.17, 15) is 4.79 Å². The minimum absolute atomic E-state index is 0.140. The van der Waals surface area contributed by atoms with E-state index in [4.69, 9.17) is 9.73 Å². The maximum atomic E-state index is 11.9. The van der Waals surface area contributed by atoms with E-state index in [0.717, 1.165) is 56.3 Å². The van der Waals surface area contributed by atoms with Gasteiger partial charge in [-0.1, -0.05) is 32.9 Å². The van der Waals surface area contributed by atoms with Gasteiger partial charge in [-0.25, -0.2) is 4.99 Å². The van der Waals surface area contributed by atoms with Gasteiger partial charge in [-0.2, -0.15) is 0 Å². The highest BCUT2D eigenvalue weighted by atomic mass is 16.5. The van der Waals surface area contributed by atoms with Crippen LogP contribution in [0, 0.1) is 11.3 Å². The van der Waals surface area contributed by atoms with E-state index >= 15 is 0 Å². The Morgan fingerprint density at radius 2 is 1.97 bits per heavy atom. The molecule has 1 aromatic carbocycles. The van der Waals surface area contributed by atoms with Gasteiger partial charge in [0.25, 0.3) is 0 Å². The highest BCUT2D eigenvalue weighted by Crippen LogP contribution is 2.33. The number of hydrogen-bond donors (Lipinski definition) is 2. The molecular weight excluding hydrogens is 376 g/mol. The van der Waals surface area contributed by atoms with Crippen molar-refractivity contribution < 1.29 is 9.53 Å². The highest BCUT2D eigenvalue weighted by Gasteiger charge is 2.35. The van der Waals surface area contributed by atoms with Crippen LogP contribution >= 0.6 is 0 Å². The van der Waals surface area contributed by atoms with Gasteiger partial charge in [0.05, 0.1) is 12.6 Å². The topological polar surface area (TPSA) is 66.0 Å². The number of nitrogens with zero attached hydrogens (tertiary/aromatic N) is 2. The molecule has 0 saturated carbocycles. The number of carbonyl (C=O) groups is 1. The Hall–Kier alpha value is -2.08. The van der Waals surface area contributed by atoms with Crippen LogP contribution in [0.2, 0.25) is 0 Å². The molecule has 2 heterocycles. The molecule has 2 saturated heterocycles. The molecule has 0 spiro atoms. The van der Waals surface area contributed by atoms with Crippen LogP contribution in [0.3, 0.4) is 0 Å². The van der Waals surface area contributed by atoms with Crippen molar-refractivity contribution >= 4 is 17.6 Å². The predicted molar refractivity (Wildman–Crippen MR) is 123 cm³/mol. The van der Waals surface area contributed by atoms with Gasteiger partial charge in [-0.05, 0) is 49.3 Å². The molecule has 0 aromatic heterocycles. The number of nitrogens with one attached hydrogen (secondary N) is 2. The van der Waals surface area contributed by atoms with E-state index < -0.39 is 0 Å². The van der Waals surface area contributed by atoms with Gasteiger partial charge in [-0.15, -0.1) is 0 Å². The van der Waals surface area contributed by atoms with Crippen molar-refractivity contribution in [1.29, 1.82) is 0 Å². The summed E-state index contributed by atoms with van der Waals surface area (Å²) in [5.74, 6) is 1.55. The minimum atomic E-state index is 0.140. The maximum Gasteiger partial charge on any atom is 0.227 e. The summed E-state index contributed by atoms with van der Waals surface area (Å²) in [7, 11) is 0. The van der Waals surface area contributed by atoms with Crippen molar-refractivity contribution in [2.45, 2.75) is 66.0 Å². The third kappa shape index (κ3) is 5.97. The Bertz CT molecular complexity index is 724. The average Bonchev–Trinajstić information content (AvgIpc) is 3.16. The molecule has 3 rings (SSSR count). The summed E-state index contributed by atoms with van der Waals surface area (Å²) in [6, 6.07) is 8.20. The fourth-order valence-corrected chi connectivity index (χ4v) is 4.45. The third-order valence-electron chi connectivity index (χ3n) is 5.92. The molecular formula is C24H38N4O2. The Morgan fingerprint density at radius 3 is 2.60 bits per heavy atom. The Balaban J connectivity index is 1.58. The summed E-state index contributed by atoms with van der Waals surface area (Å²) in [5.41, 5.74) is 2.26. The molecule has 2 atom stereocenters. The van der Waals surface area contributed by atoms with Crippen LogP contribution in [0.15, 0.2) is 29.3 Å². The zero-order chi connectivity index (χ0) is 21.6. The number of amides is 1. The molecule has 1 amide bonds. The van der Waals surface area contributed by atoms with Crippen LogP contribution in [0.5, 0.6) is 0 Å².